The van der Waals surface area contributed by atoms with Crippen LogP contribution in [0.1, 0.15) is 19.5 Å². The molecule has 0 fully saturated rings. The summed E-state index contributed by atoms with van der Waals surface area (Å²) >= 11 is 0. The van der Waals surface area contributed by atoms with Gasteiger partial charge < -0.3 is 4.84 Å². The highest BCUT2D eigenvalue weighted by Crippen LogP contribution is 2.04. The molecule has 18 heavy (non-hydrogen) atoms. The van der Waals surface area contributed by atoms with E-state index in [-0.39, 0.29) is 0 Å². The molecule has 5 heteroatoms. The average Bonchev–Trinajstić information content (AvgIpc) is 2.84. The Labute approximate surface area is 107 Å². The fraction of sp³-hybridized carbons (Fsp3) is 0.385. The number of hydroxylamine groups is 1. The molecule has 0 atom stereocenters. The van der Waals surface area contributed by atoms with Crippen LogP contribution in [0, 0.1) is 5.92 Å². The Hall–Kier alpha value is -1.72. The Morgan fingerprint density at radius 3 is 2.78 bits per heavy atom. The molecule has 1 aromatic heterocycles. The predicted octanol–water partition coefficient (Wildman–Crippen LogP) is 1.94. The van der Waals surface area contributed by atoms with Crippen molar-refractivity contribution >= 4 is 0 Å². The van der Waals surface area contributed by atoms with Gasteiger partial charge in [-0.25, -0.2) is 0 Å². The van der Waals surface area contributed by atoms with Gasteiger partial charge >= 0.3 is 0 Å². The van der Waals surface area contributed by atoms with Crippen LogP contribution in [-0.2, 0) is 11.4 Å². The van der Waals surface area contributed by atoms with Crippen molar-refractivity contribution < 1.29 is 4.84 Å². The van der Waals surface area contributed by atoms with Crippen molar-refractivity contribution in [3.8, 4) is 5.69 Å². The fourth-order valence-electron chi connectivity index (χ4n) is 1.41. The quantitative estimate of drug-likeness (QED) is 0.625. The lowest BCUT2D eigenvalue weighted by Crippen LogP contribution is -2.17. The molecule has 0 bridgehead atoms. The van der Waals surface area contributed by atoms with Crippen molar-refractivity contribution in [2.24, 2.45) is 5.92 Å². The van der Waals surface area contributed by atoms with Crippen LogP contribution in [0.2, 0.25) is 0 Å². The molecule has 2 aromatic rings. The van der Waals surface area contributed by atoms with Crippen LogP contribution < -0.4 is 5.48 Å². The van der Waals surface area contributed by atoms with E-state index in [1.807, 2.05) is 30.3 Å². The van der Waals surface area contributed by atoms with Crippen LogP contribution in [0.5, 0.6) is 0 Å². The predicted molar refractivity (Wildman–Crippen MR) is 69.0 cm³/mol. The van der Waals surface area contributed by atoms with E-state index in [4.69, 9.17) is 4.84 Å². The second-order valence-corrected chi connectivity index (χ2v) is 4.49. The largest absolute Gasteiger partial charge is 0.301 e. The van der Waals surface area contributed by atoms with Crippen molar-refractivity contribution in [2.45, 2.75) is 20.4 Å². The minimum atomic E-state index is 0.512. The minimum absolute atomic E-state index is 0.512. The Balaban J connectivity index is 1.87. The first-order chi connectivity index (χ1) is 8.75. The maximum absolute atomic E-state index is 5.29. The molecule has 0 aliphatic rings. The zero-order valence-electron chi connectivity index (χ0n) is 10.7. The molecule has 0 saturated heterocycles. The van der Waals surface area contributed by atoms with Crippen LogP contribution in [0.3, 0.4) is 0 Å². The number of hydrogen-bond acceptors (Lipinski definition) is 4. The lowest BCUT2D eigenvalue weighted by atomic mass is 10.2. The van der Waals surface area contributed by atoms with Gasteiger partial charge in [-0.3, -0.25) is 0 Å². The fourth-order valence-corrected chi connectivity index (χ4v) is 1.41. The average molecular weight is 246 g/mol. The van der Waals surface area contributed by atoms with E-state index in [0.717, 1.165) is 11.4 Å². The van der Waals surface area contributed by atoms with Crippen molar-refractivity contribution in [3.05, 3.63) is 42.2 Å². The van der Waals surface area contributed by atoms with E-state index in [2.05, 4.69) is 29.5 Å². The summed E-state index contributed by atoms with van der Waals surface area (Å²) in [5, 5.41) is 8.57. The molecule has 0 aliphatic heterocycles. The Morgan fingerprint density at radius 2 is 2.06 bits per heavy atom. The normalized spacial score (nSPS) is 11.1. The second kappa shape index (κ2) is 6.28. The number of benzene rings is 1. The van der Waals surface area contributed by atoms with Crippen LogP contribution >= 0.6 is 0 Å². The van der Waals surface area contributed by atoms with Gasteiger partial charge in [-0.05, 0) is 18.1 Å². The molecular weight excluding hydrogens is 228 g/mol. The van der Waals surface area contributed by atoms with Crippen molar-refractivity contribution in [1.29, 1.82) is 0 Å². The Bertz CT molecular complexity index is 467. The first-order valence-corrected chi connectivity index (χ1v) is 6.07. The molecule has 0 saturated carbocycles. The molecular formula is C13H18N4O. The van der Waals surface area contributed by atoms with E-state index < -0.39 is 0 Å². The van der Waals surface area contributed by atoms with E-state index in [1.165, 1.54) is 0 Å². The molecule has 2 rings (SSSR count). The highest BCUT2D eigenvalue weighted by molar-refractivity contribution is 5.28. The van der Waals surface area contributed by atoms with E-state index >= 15 is 0 Å². The lowest BCUT2D eigenvalue weighted by Gasteiger charge is -2.05. The van der Waals surface area contributed by atoms with Gasteiger partial charge in [0.15, 0.2) is 0 Å². The summed E-state index contributed by atoms with van der Waals surface area (Å²) in [6, 6.07) is 9.82. The summed E-state index contributed by atoms with van der Waals surface area (Å²) in [5.41, 5.74) is 4.68. The van der Waals surface area contributed by atoms with Crippen LogP contribution in [0.25, 0.3) is 5.69 Å². The number of rotatable bonds is 6. The maximum atomic E-state index is 5.29. The van der Waals surface area contributed by atoms with Gasteiger partial charge in [-0.2, -0.15) is 20.5 Å². The van der Waals surface area contributed by atoms with Gasteiger partial charge in [-0.15, -0.1) is 0 Å². The van der Waals surface area contributed by atoms with Crippen molar-refractivity contribution in [2.75, 3.05) is 6.61 Å². The molecule has 1 N–H and O–H groups in total. The number of aromatic nitrogens is 3. The maximum Gasteiger partial charge on any atom is 0.0993 e. The van der Waals surface area contributed by atoms with E-state index in [9.17, 15) is 0 Å². The summed E-state index contributed by atoms with van der Waals surface area (Å²) in [6.45, 7) is 5.45. The third-order valence-electron chi connectivity index (χ3n) is 2.30. The Morgan fingerprint density at radius 1 is 1.28 bits per heavy atom. The van der Waals surface area contributed by atoms with Gasteiger partial charge in [0.2, 0.25) is 0 Å². The summed E-state index contributed by atoms with van der Waals surface area (Å²) in [6.07, 6.45) is 1.73. The summed E-state index contributed by atoms with van der Waals surface area (Å²) < 4.78 is 0. The number of nitrogens with one attached hydrogen (secondary N) is 1. The number of nitrogens with zero attached hydrogens (tertiary/aromatic N) is 3. The molecule has 0 radical (unpaired) electrons. The van der Waals surface area contributed by atoms with Gasteiger partial charge in [0, 0.05) is 0 Å². The molecule has 0 spiro atoms. The zero-order valence-corrected chi connectivity index (χ0v) is 10.7. The molecule has 96 valence electrons. The van der Waals surface area contributed by atoms with Gasteiger partial charge in [-0.1, -0.05) is 32.0 Å². The van der Waals surface area contributed by atoms with Crippen LogP contribution in [0.15, 0.2) is 36.5 Å². The monoisotopic (exact) mass is 246 g/mol. The molecule has 1 aromatic carbocycles. The first-order valence-electron chi connectivity index (χ1n) is 6.07. The summed E-state index contributed by atoms with van der Waals surface area (Å²) in [7, 11) is 0. The first kappa shape index (κ1) is 12.7. The number of hydrogen-bond donors (Lipinski definition) is 1. The molecule has 1 heterocycles. The minimum Gasteiger partial charge on any atom is -0.301 e. The molecule has 0 amide bonds. The topological polar surface area (TPSA) is 52.0 Å². The molecule has 0 aliphatic carbocycles. The third kappa shape index (κ3) is 3.65. The van der Waals surface area contributed by atoms with E-state index in [0.29, 0.717) is 19.1 Å². The smallest absolute Gasteiger partial charge is 0.0993 e. The third-order valence-corrected chi connectivity index (χ3v) is 2.30. The Kier molecular flexibility index (Phi) is 4.44. The summed E-state index contributed by atoms with van der Waals surface area (Å²) in [5.74, 6) is 0.512. The second-order valence-electron chi connectivity index (χ2n) is 4.49. The van der Waals surface area contributed by atoms with Crippen LogP contribution in [-0.4, -0.2) is 21.6 Å². The lowest BCUT2D eigenvalue weighted by molar-refractivity contribution is 0.0190. The van der Waals surface area contributed by atoms with Crippen LogP contribution in [0.4, 0.5) is 0 Å². The highest BCUT2D eigenvalue weighted by atomic mass is 16.6. The van der Waals surface area contributed by atoms with Gasteiger partial charge in [0.1, 0.15) is 0 Å². The highest BCUT2D eigenvalue weighted by Gasteiger charge is 2.02. The van der Waals surface area contributed by atoms with E-state index in [1.54, 1.807) is 11.0 Å². The number of para-hydroxylation sites is 1. The molecule has 5 nitrogen and oxygen atoms in total. The summed E-state index contributed by atoms with van der Waals surface area (Å²) in [4.78, 5) is 6.90. The SMILES string of the molecule is CC(C)CONCc1cnn(-c2ccccc2)n1. The van der Waals surface area contributed by atoms with Gasteiger partial charge in [0.25, 0.3) is 0 Å². The van der Waals surface area contributed by atoms with Crippen molar-refractivity contribution in [3.63, 3.8) is 0 Å². The zero-order chi connectivity index (χ0) is 12.8. The molecule has 0 unspecified atom stereocenters. The van der Waals surface area contributed by atoms with Crippen molar-refractivity contribution in [1.82, 2.24) is 20.5 Å². The standard InChI is InChI=1S/C13H18N4O/c1-11(2)10-18-15-9-12-8-14-17(16-12)13-6-4-3-5-7-13/h3-8,11,15H,9-10H2,1-2H3. The van der Waals surface area contributed by atoms with Gasteiger partial charge in [0.05, 0.1) is 30.7 Å².